The van der Waals surface area contributed by atoms with E-state index in [1.54, 1.807) is 0 Å². The number of fused-ring (bicyclic) bond motifs is 1. The van der Waals surface area contributed by atoms with E-state index in [2.05, 4.69) is 5.32 Å². The Hall–Kier alpha value is -0.570. The van der Waals surface area contributed by atoms with Crippen LogP contribution < -0.4 is 5.32 Å². The van der Waals surface area contributed by atoms with Gasteiger partial charge in [0, 0.05) is 18.6 Å². The zero-order valence-corrected chi connectivity index (χ0v) is 8.33. The summed E-state index contributed by atoms with van der Waals surface area (Å²) in [6.07, 6.45) is 5.45. The van der Waals surface area contributed by atoms with Gasteiger partial charge in [-0.05, 0) is 43.4 Å². The van der Waals surface area contributed by atoms with E-state index in [1.807, 2.05) is 0 Å². The molecule has 0 saturated heterocycles. The van der Waals surface area contributed by atoms with E-state index in [0.29, 0.717) is 24.5 Å². The van der Waals surface area contributed by atoms with Gasteiger partial charge in [-0.2, -0.15) is 0 Å². The van der Waals surface area contributed by atoms with E-state index < -0.39 is 0 Å². The van der Waals surface area contributed by atoms with Crippen LogP contribution in [0.4, 0.5) is 0 Å². The summed E-state index contributed by atoms with van der Waals surface area (Å²) >= 11 is 0. The Morgan fingerprint density at radius 1 is 1.43 bits per heavy atom. The molecule has 0 heterocycles. The van der Waals surface area contributed by atoms with Gasteiger partial charge in [-0.1, -0.05) is 0 Å². The highest BCUT2D eigenvalue weighted by atomic mass is 16.3. The largest absolute Gasteiger partial charge is 0.396 e. The number of aliphatic hydroxyl groups excluding tert-OH is 1. The van der Waals surface area contributed by atoms with Crippen LogP contribution in [-0.4, -0.2) is 23.7 Å². The highest BCUT2D eigenvalue weighted by Crippen LogP contribution is 2.63. The van der Waals surface area contributed by atoms with Crippen LogP contribution in [0.5, 0.6) is 0 Å². The molecule has 3 fully saturated rings. The molecule has 0 radical (unpaired) electrons. The molecule has 14 heavy (non-hydrogen) atoms. The quantitative estimate of drug-likeness (QED) is 0.695. The Bertz CT molecular complexity index is 274. The minimum Gasteiger partial charge on any atom is -0.396 e. The highest BCUT2D eigenvalue weighted by molar-refractivity contribution is 5.81. The summed E-state index contributed by atoms with van der Waals surface area (Å²) in [5.41, 5.74) is 0.210. The number of amides is 1. The third-order valence-corrected chi connectivity index (χ3v) is 4.28. The third kappa shape index (κ3) is 1.18. The van der Waals surface area contributed by atoms with Gasteiger partial charge in [0.2, 0.25) is 5.91 Å². The molecule has 0 aromatic carbocycles. The van der Waals surface area contributed by atoms with Gasteiger partial charge in [-0.3, -0.25) is 4.79 Å². The van der Waals surface area contributed by atoms with Crippen molar-refractivity contribution in [2.75, 3.05) is 6.61 Å². The topological polar surface area (TPSA) is 49.3 Å². The Kier molecular flexibility index (Phi) is 1.69. The maximum atomic E-state index is 11.5. The number of aliphatic hydroxyl groups is 1. The Labute approximate surface area is 83.9 Å². The first kappa shape index (κ1) is 8.72. The van der Waals surface area contributed by atoms with Gasteiger partial charge in [0.15, 0.2) is 0 Å². The molecule has 3 nitrogen and oxygen atoms in total. The van der Waals surface area contributed by atoms with E-state index >= 15 is 0 Å². The second-order valence-electron chi connectivity index (χ2n) is 5.26. The molecule has 3 saturated carbocycles. The third-order valence-electron chi connectivity index (χ3n) is 4.28. The van der Waals surface area contributed by atoms with Gasteiger partial charge < -0.3 is 10.4 Å². The first-order chi connectivity index (χ1) is 6.75. The molecular formula is C11H17NO2. The first-order valence-corrected chi connectivity index (χ1v) is 5.66. The molecule has 78 valence electrons. The molecule has 3 atom stereocenters. The standard InChI is InChI=1S/C11H17NO2/c13-6-11-4-3-9(8(11)5-11)12-10(14)7-1-2-7/h7-9,13H,1-6H2,(H,12,14). The van der Waals surface area contributed by atoms with Crippen molar-refractivity contribution in [3.8, 4) is 0 Å². The summed E-state index contributed by atoms with van der Waals surface area (Å²) in [6.45, 7) is 0.313. The summed E-state index contributed by atoms with van der Waals surface area (Å²) in [5.74, 6) is 1.16. The van der Waals surface area contributed by atoms with Crippen molar-refractivity contribution in [1.29, 1.82) is 0 Å². The lowest BCUT2D eigenvalue weighted by Gasteiger charge is -2.13. The predicted octanol–water partition coefficient (Wildman–Crippen LogP) is 0.674. The smallest absolute Gasteiger partial charge is 0.223 e. The normalized spacial score (nSPS) is 44.6. The molecule has 0 spiro atoms. The number of nitrogens with one attached hydrogen (secondary N) is 1. The molecule has 3 unspecified atom stereocenters. The summed E-state index contributed by atoms with van der Waals surface area (Å²) in [7, 11) is 0. The summed E-state index contributed by atoms with van der Waals surface area (Å²) in [5, 5.41) is 12.4. The van der Waals surface area contributed by atoms with E-state index in [0.717, 1.165) is 32.1 Å². The van der Waals surface area contributed by atoms with Crippen LogP contribution in [0.2, 0.25) is 0 Å². The fourth-order valence-corrected chi connectivity index (χ4v) is 2.96. The van der Waals surface area contributed by atoms with Crippen LogP contribution in [0, 0.1) is 17.3 Å². The van der Waals surface area contributed by atoms with Crippen molar-refractivity contribution < 1.29 is 9.90 Å². The Morgan fingerprint density at radius 2 is 2.21 bits per heavy atom. The molecule has 3 heteroatoms. The van der Waals surface area contributed by atoms with E-state index in [9.17, 15) is 9.90 Å². The maximum Gasteiger partial charge on any atom is 0.223 e. The van der Waals surface area contributed by atoms with Crippen LogP contribution in [0.3, 0.4) is 0 Å². The molecule has 0 aliphatic heterocycles. The minimum atomic E-state index is 0.210. The molecule has 0 aromatic heterocycles. The SMILES string of the molecule is O=C(NC1CCC2(CO)CC12)C1CC1. The summed E-state index contributed by atoms with van der Waals surface area (Å²) in [6, 6.07) is 0.371. The molecule has 0 aromatic rings. The van der Waals surface area contributed by atoms with Gasteiger partial charge >= 0.3 is 0 Å². The predicted molar refractivity (Wildman–Crippen MR) is 51.5 cm³/mol. The lowest BCUT2D eigenvalue weighted by molar-refractivity contribution is -0.123. The lowest BCUT2D eigenvalue weighted by Crippen LogP contribution is -2.36. The Balaban J connectivity index is 1.58. The highest BCUT2D eigenvalue weighted by Gasteiger charge is 2.61. The van der Waals surface area contributed by atoms with Gasteiger partial charge in [0.25, 0.3) is 0 Å². The van der Waals surface area contributed by atoms with Gasteiger partial charge in [0.05, 0.1) is 0 Å². The monoisotopic (exact) mass is 195 g/mol. The average Bonchev–Trinajstić information content (AvgIpc) is 3.09. The van der Waals surface area contributed by atoms with Crippen molar-refractivity contribution in [3.63, 3.8) is 0 Å². The van der Waals surface area contributed by atoms with Crippen molar-refractivity contribution in [3.05, 3.63) is 0 Å². The van der Waals surface area contributed by atoms with Crippen molar-refractivity contribution in [1.82, 2.24) is 5.32 Å². The summed E-state index contributed by atoms with van der Waals surface area (Å²) < 4.78 is 0. The zero-order chi connectivity index (χ0) is 9.76. The number of hydrogen-bond acceptors (Lipinski definition) is 2. The number of hydrogen-bond donors (Lipinski definition) is 2. The fourth-order valence-electron chi connectivity index (χ4n) is 2.96. The molecule has 1 amide bonds. The van der Waals surface area contributed by atoms with E-state index in [-0.39, 0.29) is 11.3 Å². The van der Waals surface area contributed by atoms with Crippen molar-refractivity contribution in [2.24, 2.45) is 17.3 Å². The molecule has 3 aliphatic rings. The van der Waals surface area contributed by atoms with Crippen molar-refractivity contribution >= 4 is 5.91 Å². The number of rotatable bonds is 3. The molecular weight excluding hydrogens is 178 g/mol. The zero-order valence-electron chi connectivity index (χ0n) is 8.33. The van der Waals surface area contributed by atoms with Crippen LogP contribution in [-0.2, 0) is 4.79 Å². The van der Waals surface area contributed by atoms with Crippen LogP contribution in [0.1, 0.15) is 32.1 Å². The number of carbonyl (C=O) groups excluding carboxylic acids is 1. The summed E-state index contributed by atoms with van der Waals surface area (Å²) in [4.78, 5) is 11.5. The van der Waals surface area contributed by atoms with E-state index in [1.165, 1.54) is 0 Å². The van der Waals surface area contributed by atoms with Crippen LogP contribution >= 0.6 is 0 Å². The van der Waals surface area contributed by atoms with Gasteiger partial charge in [0.1, 0.15) is 0 Å². The average molecular weight is 195 g/mol. The number of carbonyl (C=O) groups is 1. The first-order valence-electron chi connectivity index (χ1n) is 5.66. The van der Waals surface area contributed by atoms with E-state index in [4.69, 9.17) is 0 Å². The maximum absolute atomic E-state index is 11.5. The second kappa shape index (κ2) is 2.72. The lowest BCUT2D eigenvalue weighted by atomic mass is 10.1. The fraction of sp³-hybridized carbons (Fsp3) is 0.909. The molecule has 3 aliphatic carbocycles. The Morgan fingerprint density at radius 3 is 2.71 bits per heavy atom. The van der Waals surface area contributed by atoms with Gasteiger partial charge in [-0.15, -0.1) is 0 Å². The van der Waals surface area contributed by atoms with Crippen LogP contribution in [0.25, 0.3) is 0 Å². The second-order valence-corrected chi connectivity index (χ2v) is 5.26. The molecule has 2 N–H and O–H groups in total. The molecule has 0 bridgehead atoms. The molecule has 3 rings (SSSR count). The van der Waals surface area contributed by atoms with Gasteiger partial charge in [-0.25, -0.2) is 0 Å². The van der Waals surface area contributed by atoms with Crippen molar-refractivity contribution in [2.45, 2.75) is 38.1 Å². The minimum absolute atomic E-state index is 0.210. The van der Waals surface area contributed by atoms with Crippen LogP contribution in [0.15, 0.2) is 0 Å².